The van der Waals surface area contributed by atoms with Gasteiger partial charge in [-0.2, -0.15) is 0 Å². The molecule has 0 saturated carbocycles. The van der Waals surface area contributed by atoms with Gasteiger partial charge in [-0.15, -0.1) is 0 Å². The molecule has 1 saturated heterocycles. The molecular formula is C16H24O7. The summed E-state index contributed by atoms with van der Waals surface area (Å²) in [6, 6.07) is 7.44. The standard InChI is InChI=1S/C16H24O7/c1-9(6-17)11-4-2-10(3-5-11)8-22-16-15(21)14(20)13(19)12(7-18)23-16/h2-5,9,12-21H,6-8H2,1H3/t9?,12-,13-,14+,15-,16-/m1/s1. The Morgan fingerprint density at radius 2 is 1.70 bits per heavy atom. The molecule has 5 N–H and O–H groups in total. The van der Waals surface area contributed by atoms with Gasteiger partial charge in [0.1, 0.15) is 24.4 Å². The van der Waals surface area contributed by atoms with E-state index >= 15 is 0 Å². The molecule has 2 rings (SSSR count). The molecule has 23 heavy (non-hydrogen) atoms. The van der Waals surface area contributed by atoms with Gasteiger partial charge in [0.05, 0.1) is 13.2 Å². The maximum Gasteiger partial charge on any atom is 0.187 e. The van der Waals surface area contributed by atoms with Gasteiger partial charge in [0, 0.05) is 12.5 Å². The minimum absolute atomic E-state index is 0.0513. The number of benzene rings is 1. The van der Waals surface area contributed by atoms with Crippen molar-refractivity contribution in [2.75, 3.05) is 13.2 Å². The molecule has 130 valence electrons. The number of aliphatic hydroxyl groups excluding tert-OH is 5. The highest BCUT2D eigenvalue weighted by Crippen LogP contribution is 2.23. The molecule has 1 fully saturated rings. The normalized spacial score (nSPS) is 32.7. The molecule has 0 bridgehead atoms. The van der Waals surface area contributed by atoms with Crippen molar-refractivity contribution in [1.29, 1.82) is 0 Å². The number of hydrogen-bond donors (Lipinski definition) is 5. The van der Waals surface area contributed by atoms with E-state index < -0.39 is 37.3 Å². The summed E-state index contributed by atoms with van der Waals surface area (Å²) in [7, 11) is 0. The summed E-state index contributed by atoms with van der Waals surface area (Å²) in [4.78, 5) is 0. The van der Waals surface area contributed by atoms with Gasteiger partial charge in [-0.1, -0.05) is 31.2 Å². The summed E-state index contributed by atoms with van der Waals surface area (Å²) in [5.41, 5.74) is 1.83. The van der Waals surface area contributed by atoms with Crippen molar-refractivity contribution in [2.24, 2.45) is 0 Å². The lowest BCUT2D eigenvalue weighted by Crippen LogP contribution is -2.59. The van der Waals surface area contributed by atoms with Crippen LogP contribution in [-0.4, -0.2) is 69.5 Å². The largest absolute Gasteiger partial charge is 0.396 e. The Morgan fingerprint density at radius 1 is 1.04 bits per heavy atom. The van der Waals surface area contributed by atoms with Crippen LogP contribution < -0.4 is 0 Å². The van der Waals surface area contributed by atoms with Crippen LogP contribution >= 0.6 is 0 Å². The van der Waals surface area contributed by atoms with E-state index in [1.807, 2.05) is 31.2 Å². The highest BCUT2D eigenvalue weighted by atomic mass is 16.7. The molecule has 0 amide bonds. The van der Waals surface area contributed by atoms with E-state index in [1.165, 1.54) is 0 Å². The molecule has 0 aromatic heterocycles. The van der Waals surface area contributed by atoms with Crippen LogP contribution in [0.1, 0.15) is 24.0 Å². The first kappa shape index (κ1) is 18.3. The fourth-order valence-electron chi connectivity index (χ4n) is 2.43. The zero-order valence-corrected chi connectivity index (χ0v) is 12.9. The van der Waals surface area contributed by atoms with Crippen LogP contribution in [-0.2, 0) is 16.1 Å². The van der Waals surface area contributed by atoms with Crippen LogP contribution in [0.15, 0.2) is 24.3 Å². The maximum absolute atomic E-state index is 9.88. The zero-order valence-electron chi connectivity index (χ0n) is 12.9. The van der Waals surface area contributed by atoms with Crippen LogP contribution in [0.5, 0.6) is 0 Å². The predicted octanol–water partition coefficient (Wildman–Crippen LogP) is -0.901. The van der Waals surface area contributed by atoms with Crippen molar-refractivity contribution in [3.8, 4) is 0 Å². The van der Waals surface area contributed by atoms with Gasteiger partial charge in [0.2, 0.25) is 0 Å². The van der Waals surface area contributed by atoms with E-state index in [0.717, 1.165) is 11.1 Å². The molecule has 7 nitrogen and oxygen atoms in total. The summed E-state index contributed by atoms with van der Waals surface area (Å²) in [5.74, 6) is 0.0513. The second-order valence-corrected chi connectivity index (χ2v) is 5.83. The summed E-state index contributed by atoms with van der Waals surface area (Å²) < 4.78 is 10.7. The average molecular weight is 328 g/mol. The first-order valence-electron chi connectivity index (χ1n) is 7.59. The topological polar surface area (TPSA) is 120 Å². The number of aliphatic hydroxyl groups is 5. The summed E-state index contributed by atoms with van der Waals surface area (Å²) in [5, 5.41) is 47.5. The minimum Gasteiger partial charge on any atom is -0.396 e. The third-order valence-electron chi connectivity index (χ3n) is 4.09. The first-order chi connectivity index (χ1) is 11.0. The van der Waals surface area contributed by atoms with E-state index in [1.54, 1.807) is 0 Å². The molecule has 1 aromatic carbocycles. The second kappa shape index (κ2) is 8.16. The SMILES string of the molecule is CC(CO)c1ccc(CO[C@@H]2O[C@H](CO)[C@@H](O)[C@H](O)[C@H]2O)cc1. The van der Waals surface area contributed by atoms with Crippen LogP contribution in [0.4, 0.5) is 0 Å². The van der Waals surface area contributed by atoms with E-state index in [0.29, 0.717) is 0 Å². The van der Waals surface area contributed by atoms with Crippen LogP contribution in [0.2, 0.25) is 0 Å². The molecule has 6 atom stereocenters. The predicted molar refractivity (Wildman–Crippen MR) is 80.5 cm³/mol. The molecule has 0 spiro atoms. The number of rotatable bonds is 6. The quantitative estimate of drug-likeness (QED) is 0.459. The van der Waals surface area contributed by atoms with E-state index in [9.17, 15) is 15.3 Å². The molecule has 1 aromatic rings. The molecule has 1 heterocycles. The summed E-state index contributed by atoms with van der Waals surface area (Å²) >= 11 is 0. The Kier molecular flexibility index (Phi) is 6.49. The van der Waals surface area contributed by atoms with Crippen LogP contribution in [0.25, 0.3) is 0 Å². The zero-order chi connectivity index (χ0) is 17.0. The fourth-order valence-corrected chi connectivity index (χ4v) is 2.43. The fraction of sp³-hybridized carbons (Fsp3) is 0.625. The highest BCUT2D eigenvalue weighted by Gasteiger charge is 2.43. The molecule has 1 aliphatic rings. The third kappa shape index (κ3) is 4.27. The Morgan fingerprint density at radius 3 is 2.26 bits per heavy atom. The van der Waals surface area contributed by atoms with Gasteiger partial charge in [-0.3, -0.25) is 0 Å². The monoisotopic (exact) mass is 328 g/mol. The van der Waals surface area contributed by atoms with Crippen LogP contribution in [0.3, 0.4) is 0 Å². The third-order valence-corrected chi connectivity index (χ3v) is 4.09. The lowest BCUT2D eigenvalue weighted by atomic mass is 9.99. The first-order valence-corrected chi connectivity index (χ1v) is 7.59. The van der Waals surface area contributed by atoms with Crippen molar-refractivity contribution in [1.82, 2.24) is 0 Å². The van der Waals surface area contributed by atoms with Gasteiger partial charge >= 0.3 is 0 Å². The molecule has 7 heteroatoms. The number of hydrogen-bond acceptors (Lipinski definition) is 7. The minimum atomic E-state index is -1.45. The Balaban J connectivity index is 1.94. The van der Waals surface area contributed by atoms with Crippen molar-refractivity contribution in [3.05, 3.63) is 35.4 Å². The van der Waals surface area contributed by atoms with Gasteiger partial charge in [0.15, 0.2) is 6.29 Å². The van der Waals surface area contributed by atoms with E-state index in [2.05, 4.69) is 0 Å². The summed E-state index contributed by atoms with van der Waals surface area (Å²) in [6.07, 6.45) is -6.36. The molecule has 1 unspecified atom stereocenters. The highest BCUT2D eigenvalue weighted by molar-refractivity contribution is 5.24. The maximum atomic E-state index is 9.88. The Hall–Kier alpha value is -1.06. The van der Waals surface area contributed by atoms with Crippen molar-refractivity contribution >= 4 is 0 Å². The average Bonchev–Trinajstić information content (AvgIpc) is 2.59. The van der Waals surface area contributed by atoms with Crippen molar-refractivity contribution in [2.45, 2.75) is 50.2 Å². The molecule has 0 radical (unpaired) electrons. The molecule has 0 aliphatic carbocycles. The summed E-state index contributed by atoms with van der Waals surface area (Å²) in [6.45, 7) is 1.63. The van der Waals surface area contributed by atoms with Crippen molar-refractivity contribution < 1.29 is 35.0 Å². The molecule has 1 aliphatic heterocycles. The van der Waals surface area contributed by atoms with Gasteiger partial charge in [-0.25, -0.2) is 0 Å². The smallest absolute Gasteiger partial charge is 0.187 e. The second-order valence-electron chi connectivity index (χ2n) is 5.83. The van der Waals surface area contributed by atoms with Crippen LogP contribution in [0, 0.1) is 0 Å². The number of ether oxygens (including phenoxy) is 2. The molecular weight excluding hydrogens is 304 g/mol. The van der Waals surface area contributed by atoms with E-state index in [-0.39, 0.29) is 19.1 Å². The lowest BCUT2D eigenvalue weighted by Gasteiger charge is -2.39. The van der Waals surface area contributed by atoms with Gasteiger partial charge in [-0.05, 0) is 11.1 Å². The lowest BCUT2D eigenvalue weighted by molar-refractivity contribution is -0.304. The Bertz CT molecular complexity index is 476. The van der Waals surface area contributed by atoms with E-state index in [4.69, 9.17) is 19.7 Å². The van der Waals surface area contributed by atoms with Crippen molar-refractivity contribution in [3.63, 3.8) is 0 Å². The van der Waals surface area contributed by atoms with Gasteiger partial charge in [0.25, 0.3) is 0 Å². The van der Waals surface area contributed by atoms with Gasteiger partial charge < -0.3 is 35.0 Å². The Labute approximate surface area is 134 Å².